The molecular weight excluding hydrogens is 250 g/mol. The lowest BCUT2D eigenvalue weighted by Gasteiger charge is -2.00. The molecule has 5 heteroatoms. The van der Waals surface area contributed by atoms with Gasteiger partial charge in [0.25, 0.3) is 0 Å². The first-order valence-electron chi connectivity index (χ1n) is 5.79. The Bertz CT molecular complexity index is 543. The van der Waals surface area contributed by atoms with Gasteiger partial charge in [0.05, 0.1) is 24.8 Å². The molecule has 2 rings (SSSR count). The lowest BCUT2D eigenvalue weighted by molar-refractivity contribution is 0.0533. The maximum Gasteiger partial charge on any atom is 0.350 e. The van der Waals surface area contributed by atoms with Gasteiger partial charge in [-0.25, -0.2) is 4.79 Å². The number of hydrogen-bond acceptors (Lipinski definition) is 5. The molecule has 0 saturated heterocycles. The van der Waals surface area contributed by atoms with Gasteiger partial charge >= 0.3 is 5.97 Å². The summed E-state index contributed by atoms with van der Waals surface area (Å²) in [4.78, 5) is 13.3. The summed E-state index contributed by atoms with van der Waals surface area (Å²) in [7, 11) is 0. The molecule has 2 heterocycles. The van der Waals surface area contributed by atoms with E-state index >= 15 is 0 Å². The van der Waals surface area contributed by atoms with Crippen molar-refractivity contribution in [3.63, 3.8) is 0 Å². The highest BCUT2D eigenvalue weighted by molar-refractivity contribution is 7.18. The van der Waals surface area contributed by atoms with Crippen molar-refractivity contribution in [2.24, 2.45) is 0 Å². The van der Waals surface area contributed by atoms with Crippen LogP contribution in [0.3, 0.4) is 0 Å². The van der Waals surface area contributed by atoms with Gasteiger partial charge < -0.3 is 14.9 Å². The zero-order valence-corrected chi connectivity index (χ0v) is 11.2. The van der Waals surface area contributed by atoms with Gasteiger partial charge in [0, 0.05) is 10.4 Å². The van der Waals surface area contributed by atoms with Crippen LogP contribution in [0, 0.1) is 0 Å². The van der Waals surface area contributed by atoms with E-state index in [4.69, 9.17) is 14.9 Å². The Labute approximate surface area is 109 Å². The van der Waals surface area contributed by atoms with E-state index in [0.29, 0.717) is 17.2 Å². The van der Waals surface area contributed by atoms with Gasteiger partial charge in [-0.3, -0.25) is 0 Å². The molecule has 2 aromatic rings. The monoisotopic (exact) mass is 265 g/mol. The van der Waals surface area contributed by atoms with Crippen LogP contribution in [0.4, 0.5) is 5.69 Å². The maximum atomic E-state index is 11.8. The molecule has 0 fully saturated rings. The summed E-state index contributed by atoms with van der Waals surface area (Å²) in [6, 6.07) is 1.86. The number of carbonyl (C=O) groups excluding carboxylic acids is 1. The molecule has 96 valence electrons. The number of furan rings is 1. The summed E-state index contributed by atoms with van der Waals surface area (Å²) in [5, 5.41) is 0. The van der Waals surface area contributed by atoms with Gasteiger partial charge in [0.1, 0.15) is 4.88 Å². The van der Waals surface area contributed by atoms with E-state index in [1.807, 2.05) is 13.0 Å². The second-order valence-corrected chi connectivity index (χ2v) is 4.76. The maximum absolute atomic E-state index is 11.8. The lowest BCUT2D eigenvalue weighted by Crippen LogP contribution is -2.05. The van der Waals surface area contributed by atoms with Crippen molar-refractivity contribution in [1.29, 1.82) is 0 Å². The zero-order chi connectivity index (χ0) is 13.1. The number of hydrogen-bond donors (Lipinski definition) is 1. The van der Waals surface area contributed by atoms with Crippen molar-refractivity contribution < 1.29 is 13.9 Å². The minimum atomic E-state index is -0.357. The zero-order valence-electron chi connectivity index (χ0n) is 10.4. The van der Waals surface area contributed by atoms with Crippen LogP contribution in [0.15, 0.2) is 23.0 Å². The smallest absolute Gasteiger partial charge is 0.350 e. The summed E-state index contributed by atoms with van der Waals surface area (Å²) < 4.78 is 10.1. The molecule has 0 aliphatic carbocycles. The van der Waals surface area contributed by atoms with Gasteiger partial charge in [0.2, 0.25) is 0 Å². The fourth-order valence-electron chi connectivity index (χ4n) is 1.80. The summed E-state index contributed by atoms with van der Waals surface area (Å²) in [5.41, 5.74) is 8.48. The van der Waals surface area contributed by atoms with E-state index in [1.165, 1.54) is 11.3 Å². The standard InChI is InChI=1S/C13H15NO3S/c1-3-9-10(14)12(13(15)17-4-2)18-11(9)8-5-6-16-7-8/h5-7H,3-4,14H2,1-2H3. The SMILES string of the molecule is CCOC(=O)c1sc(-c2ccoc2)c(CC)c1N. The molecule has 0 aliphatic heterocycles. The number of thiophene rings is 1. The highest BCUT2D eigenvalue weighted by Crippen LogP contribution is 2.39. The number of nitrogens with two attached hydrogens (primary N) is 1. The molecule has 0 atom stereocenters. The predicted octanol–water partition coefficient (Wildman–Crippen LogP) is 3.33. The Morgan fingerprint density at radius 3 is 2.83 bits per heavy atom. The summed E-state index contributed by atoms with van der Waals surface area (Å²) in [6.45, 7) is 4.13. The Morgan fingerprint density at radius 1 is 1.50 bits per heavy atom. The van der Waals surface area contributed by atoms with Crippen molar-refractivity contribution in [1.82, 2.24) is 0 Å². The highest BCUT2D eigenvalue weighted by atomic mass is 32.1. The summed E-state index contributed by atoms with van der Waals surface area (Å²) in [6.07, 6.45) is 4.02. The van der Waals surface area contributed by atoms with Gasteiger partial charge in [0.15, 0.2) is 0 Å². The summed E-state index contributed by atoms with van der Waals surface area (Å²) >= 11 is 1.36. The molecule has 2 aromatic heterocycles. The van der Waals surface area contributed by atoms with Crippen LogP contribution in [-0.4, -0.2) is 12.6 Å². The van der Waals surface area contributed by atoms with Crippen LogP contribution < -0.4 is 5.73 Å². The fraction of sp³-hybridized carbons (Fsp3) is 0.308. The second kappa shape index (κ2) is 5.27. The molecule has 18 heavy (non-hydrogen) atoms. The predicted molar refractivity (Wildman–Crippen MR) is 71.8 cm³/mol. The molecule has 0 unspecified atom stereocenters. The van der Waals surface area contributed by atoms with E-state index in [-0.39, 0.29) is 5.97 Å². The van der Waals surface area contributed by atoms with E-state index in [0.717, 1.165) is 22.4 Å². The van der Waals surface area contributed by atoms with Crippen LogP contribution in [0.1, 0.15) is 29.1 Å². The second-order valence-electron chi connectivity index (χ2n) is 3.74. The molecule has 0 amide bonds. The highest BCUT2D eigenvalue weighted by Gasteiger charge is 2.22. The van der Waals surface area contributed by atoms with Crippen LogP contribution in [0.25, 0.3) is 10.4 Å². The average molecular weight is 265 g/mol. The van der Waals surface area contributed by atoms with Crippen molar-refractivity contribution in [3.8, 4) is 10.4 Å². The molecule has 0 bridgehead atoms. The lowest BCUT2D eigenvalue weighted by atomic mass is 10.1. The normalized spacial score (nSPS) is 10.6. The van der Waals surface area contributed by atoms with E-state index in [9.17, 15) is 4.79 Å². The molecule has 0 aromatic carbocycles. The Balaban J connectivity index is 2.49. The third-order valence-corrected chi connectivity index (χ3v) is 3.92. The minimum Gasteiger partial charge on any atom is -0.472 e. The average Bonchev–Trinajstić information content (AvgIpc) is 2.96. The minimum absolute atomic E-state index is 0.346. The molecule has 0 aliphatic rings. The number of nitrogen functional groups attached to an aromatic ring is 1. The molecular formula is C13H15NO3S. The Hall–Kier alpha value is -1.75. The third-order valence-electron chi connectivity index (χ3n) is 2.65. The molecule has 0 spiro atoms. The van der Waals surface area contributed by atoms with Gasteiger partial charge in [-0.15, -0.1) is 11.3 Å². The Morgan fingerprint density at radius 2 is 2.28 bits per heavy atom. The first-order valence-corrected chi connectivity index (χ1v) is 6.61. The first kappa shape index (κ1) is 12.7. The number of rotatable bonds is 4. The van der Waals surface area contributed by atoms with E-state index < -0.39 is 0 Å². The quantitative estimate of drug-likeness (QED) is 0.861. The fourth-order valence-corrected chi connectivity index (χ4v) is 3.00. The number of carbonyl (C=O) groups is 1. The van der Waals surface area contributed by atoms with Crippen LogP contribution in [0.5, 0.6) is 0 Å². The number of anilines is 1. The number of esters is 1. The first-order chi connectivity index (χ1) is 8.69. The largest absolute Gasteiger partial charge is 0.472 e. The van der Waals surface area contributed by atoms with Gasteiger partial charge in [-0.05, 0) is 25.0 Å². The topological polar surface area (TPSA) is 65.5 Å². The van der Waals surface area contributed by atoms with Crippen LogP contribution in [0.2, 0.25) is 0 Å². The van der Waals surface area contributed by atoms with Crippen molar-refractivity contribution in [2.45, 2.75) is 20.3 Å². The van der Waals surface area contributed by atoms with E-state index in [1.54, 1.807) is 19.5 Å². The van der Waals surface area contributed by atoms with Gasteiger partial charge in [-0.1, -0.05) is 6.92 Å². The Kier molecular flexibility index (Phi) is 3.72. The van der Waals surface area contributed by atoms with Crippen LogP contribution in [-0.2, 0) is 11.2 Å². The number of ether oxygens (including phenoxy) is 1. The third kappa shape index (κ3) is 2.13. The molecule has 0 saturated carbocycles. The van der Waals surface area contributed by atoms with Crippen molar-refractivity contribution >= 4 is 23.0 Å². The van der Waals surface area contributed by atoms with Crippen molar-refractivity contribution in [2.75, 3.05) is 12.3 Å². The van der Waals surface area contributed by atoms with Crippen molar-refractivity contribution in [3.05, 3.63) is 29.0 Å². The molecule has 4 nitrogen and oxygen atoms in total. The van der Waals surface area contributed by atoms with Gasteiger partial charge in [-0.2, -0.15) is 0 Å². The molecule has 0 radical (unpaired) electrons. The molecule has 2 N–H and O–H groups in total. The van der Waals surface area contributed by atoms with Crippen LogP contribution >= 0.6 is 11.3 Å². The van der Waals surface area contributed by atoms with E-state index in [2.05, 4.69) is 0 Å². The summed E-state index contributed by atoms with van der Waals surface area (Å²) in [5.74, 6) is -0.357.